The third kappa shape index (κ3) is 2.02. The first-order chi connectivity index (χ1) is 8.58. The van der Waals surface area contributed by atoms with Gasteiger partial charge in [-0.25, -0.2) is 8.78 Å². The summed E-state index contributed by atoms with van der Waals surface area (Å²) in [4.78, 5) is 0. The molecule has 2 aromatic rings. The van der Waals surface area contributed by atoms with E-state index in [1.807, 2.05) is 49.6 Å². The van der Waals surface area contributed by atoms with Crippen LogP contribution in [0.25, 0.3) is 10.9 Å². The molecular formula is C15H19F2N. The number of aromatic nitrogens is 1. The van der Waals surface area contributed by atoms with Crippen molar-refractivity contribution in [3.05, 3.63) is 35.5 Å². The van der Waals surface area contributed by atoms with Crippen LogP contribution in [0.3, 0.4) is 0 Å². The first kappa shape index (κ1) is 13.1. The lowest BCUT2D eigenvalue weighted by Gasteiger charge is -2.25. The van der Waals surface area contributed by atoms with Crippen LogP contribution in [0.15, 0.2) is 24.3 Å². The number of hydrogen-bond acceptors (Lipinski definition) is 0. The second kappa shape index (κ2) is 4.71. The molecular weight excluding hydrogens is 232 g/mol. The van der Waals surface area contributed by atoms with E-state index in [9.17, 15) is 8.78 Å². The summed E-state index contributed by atoms with van der Waals surface area (Å²) in [6.07, 6.45) is -0.161. The minimum absolute atomic E-state index is 0.0435. The van der Waals surface area contributed by atoms with Crippen molar-refractivity contribution in [3.8, 4) is 0 Å². The summed E-state index contributed by atoms with van der Waals surface area (Å²) in [6.45, 7) is 6.37. The van der Waals surface area contributed by atoms with Gasteiger partial charge >= 0.3 is 0 Å². The van der Waals surface area contributed by atoms with Crippen molar-refractivity contribution >= 4 is 10.9 Å². The average molecular weight is 251 g/mol. The van der Waals surface area contributed by atoms with Crippen molar-refractivity contribution in [1.82, 2.24) is 4.57 Å². The Morgan fingerprint density at radius 2 is 1.83 bits per heavy atom. The summed E-state index contributed by atoms with van der Waals surface area (Å²) in [5.41, 5.74) is 2.90. The minimum atomic E-state index is -2.53. The molecule has 3 heteroatoms. The third-order valence-electron chi connectivity index (χ3n) is 3.48. The highest BCUT2D eigenvalue weighted by atomic mass is 19.3. The van der Waals surface area contributed by atoms with Gasteiger partial charge in [-0.05, 0) is 18.6 Å². The third-order valence-corrected chi connectivity index (χ3v) is 3.48. The highest BCUT2D eigenvalue weighted by molar-refractivity contribution is 5.85. The van der Waals surface area contributed by atoms with Gasteiger partial charge in [0, 0.05) is 29.6 Å². The number of fused-ring (bicyclic) bond motifs is 3. The molecule has 0 saturated carbocycles. The molecule has 1 aliphatic heterocycles. The topological polar surface area (TPSA) is 4.93 Å². The molecule has 0 unspecified atom stereocenters. The molecule has 98 valence electrons. The number of alkyl halides is 2. The Hall–Kier alpha value is -1.38. The molecule has 0 fully saturated rings. The Balaban J connectivity index is 0.000000574. The van der Waals surface area contributed by atoms with Gasteiger partial charge in [0.2, 0.25) is 0 Å². The van der Waals surface area contributed by atoms with E-state index in [2.05, 4.69) is 0 Å². The first-order valence-electron chi connectivity index (χ1n) is 6.53. The van der Waals surface area contributed by atoms with Gasteiger partial charge in [0.25, 0.3) is 5.92 Å². The highest BCUT2D eigenvalue weighted by Crippen LogP contribution is 2.36. The largest absolute Gasteiger partial charge is 0.344 e. The van der Waals surface area contributed by atoms with Crippen molar-refractivity contribution < 1.29 is 8.78 Å². The van der Waals surface area contributed by atoms with Crippen molar-refractivity contribution in [2.45, 2.75) is 46.1 Å². The van der Waals surface area contributed by atoms with Crippen LogP contribution >= 0.6 is 0 Å². The SMILES string of the molecule is CC.Cc1c2n(c3ccccc13)CCC(F)(F)C2. The van der Waals surface area contributed by atoms with E-state index >= 15 is 0 Å². The standard InChI is InChI=1S/C13H13F2N.C2H6/c1-9-10-4-2-3-5-11(10)16-7-6-13(14,15)8-12(9)16;1-2/h2-5H,6-8H2,1H3;1-2H3. The minimum Gasteiger partial charge on any atom is -0.344 e. The summed E-state index contributed by atoms with van der Waals surface area (Å²) in [6, 6.07) is 7.94. The predicted octanol–water partition coefficient (Wildman–Crippen LogP) is 4.56. The summed E-state index contributed by atoms with van der Waals surface area (Å²) < 4.78 is 28.8. The van der Waals surface area contributed by atoms with Crippen LogP contribution in [0.5, 0.6) is 0 Å². The fourth-order valence-electron chi connectivity index (χ4n) is 2.62. The lowest BCUT2D eigenvalue weighted by atomic mass is 10.0. The summed E-state index contributed by atoms with van der Waals surface area (Å²) in [5, 5.41) is 1.11. The Kier molecular flexibility index (Phi) is 3.42. The Bertz CT molecular complexity index is 555. The molecule has 0 atom stereocenters. The maximum Gasteiger partial charge on any atom is 0.255 e. The van der Waals surface area contributed by atoms with Crippen LogP contribution in [-0.2, 0) is 13.0 Å². The van der Waals surface area contributed by atoms with Crippen molar-refractivity contribution in [2.75, 3.05) is 0 Å². The van der Waals surface area contributed by atoms with E-state index in [0.717, 1.165) is 22.2 Å². The molecule has 18 heavy (non-hydrogen) atoms. The van der Waals surface area contributed by atoms with E-state index in [-0.39, 0.29) is 12.8 Å². The first-order valence-corrected chi connectivity index (χ1v) is 6.53. The summed E-state index contributed by atoms with van der Waals surface area (Å²) in [7, 11) is 0. The Morgan fingerprint density at radius 1 is 1.17 bits per heavy atom. The zero-order valence-corrected chi connectivity index (χ0v) is 11.1. The number of aryl methyl sites for hydroxylation is 2. The van der Waals surface area contributed by atoms with Crippen LogP contribution in [0, 0.1) is 6.92 Å². The van der Waals surface area contributed by atoms with Crippen LogP contribution < -0.4 is 0 Å². The number of rotatable bonds is 0. The molecule has 1 aliphatic rings. The van der Waals surface area contributed by atoms with Crippen molar-refractivity contribution in [2.24, 2.45) is 0 Å². The van der Waals surface area contributed by atoms with Crippen molar-refractivity contribution in [1.29, 1.82) is 0 Å². The second-order valence-corrected chi connectivity index (χ2v) is 4.52. The van der Waals surface area contributed by atoms with Gasteiger partial charge in [0.15, 0.2) is 0 Å². The number of halogens is 2. The van der Waals surface area contributed by atoms with E-state index in [1.165, 1.54) is 0 Å². The molecule has 0 radical (unpaired) electrons. The van der Waals surface area contributed by atoms with Gasteiger partial charge < -0.3 is 4.57 Å². The van der Waals surface area contributed by atoms with Crippen molar-refractivity contribution in [3.63, 3.8) is 0 Å². The molecule has 1 aromatic heterocycles. The van der Waals surface area contributed by atoms with Crippen LogP contribution in [0.2, 0.25) is 0 Å². The molecule has 0 saturated heterocycles. The Morgan fingerprint density at radius 3 is 2.56 bits per heavy atom. The van der Waals surface area contributed by atoms with Gasteiger partial charge in [0.05, 0.1) is 6.42 Å². The fraction of sp³-hybridized carbons (Fsp3) is 0.467. The van der Waals surface area contributed by atoms with Crippen LogP contribution in [0.1, 0.15) is 31.5 Å². The molecule has 1 aromatic carbocycles. The molecule has 0 spiro atoms. The van der Waals surface area contributed by atoms with Gasteiger partial charge in [-0.2, -0.15) is 0 Å². The lowest BCUT2D eigenvalue weighted by molar-refractivity contribution is -0.0221. The molecule has 3 rings (SSSR count). The second-order valence-electron chi connectivity index (χ2n) is 4.52. The Labute approximate surface area is 106 Å². The van der Waals surface area contributed by atoms with Crippen LogP contribution in [0.4, 0.5) is 8.78 Å². The zero-order valence-electron chi connectivity index (χ0n) is 11.1. The van der Waals surface area contributed by atoms with Gasteiger partial charge in [-0.1, -0.05) is 32.0 Å². The molecule has 2 heterocycles. The zero-order chi connectivity index (χ0) is 13.3. The number of nitrogens with zero attached hydrogens (tertiary/aromatic N) is 1. The van der Waals surface area contributed by atoms with Gasteiger partial charge in [-0.3, -0.25) is 0 Å². The average Bonchev–Trinajstić information content (AvgIpc) is 2.65. The maximum absolute atomic E-state index is 13.4. The number of benzene rings is 1. The highest BCUT2D eigenvalue weighted by Gasteiger charge is 2.35. The molecule has 0 N–H and O–H groups in total. The predicted molar refractivity (Wildman–Crippen MR) is 71.3 cm³/mol. The van der Waals surface area contributed by atoms with E-state index in [1.54, 1.807) is 0 Å². The summed E-state index contributed by atoms with van der Waals surface area (Å²) in [5.74, 6) is -2.53. The summed E-state index contributed by atoms with van der Waals surface area (Å²) >= 11 is 0. The molecule has 0 bridgehead atoms. The normalized spacial score (nSPS) is 16.9. The molecule has 0 amide bonds. The lowest BCUT2D eigenvalue weighted by Crippen LogP contribution is -2.29. The van der Waals surface area contributed by atoms with Gasteiger partial charge in [-0.15, -0.1) is 0 Å². The molecule has 1 nitrogen and oxygen atoms in total. The molecule has 0 aliphatic carbocycles. The maximum atomic E-state index is 13.4. The fourth-order valence-corrected chi connectivity index (χ4v) is 2.62. The van der Waals surface area contributed by atoms with Gasteiger partial charge in [0.1, 0.15) is 0 Å². The van der Waals surface area contributed by atoms with Crippen LogP contribution in [-0.4, -0.2) is 10.5 Å². The van der Waals surface area contributed by atoms with E-state index in [0.29, 0.717) is 6.54 Å². The van der Waals surface area contributed by atoms with E-state index in [4.69, 9.17) is 0 Å². The number of para-hydroxylation sites is 1. The quantitative estimate of drug-likeness (QED) is 0.647. The smallest absolute Gasteiger partial charge is 0.255 e. The number of hydrogen-bond donors (Lipinski definition) is 0. The monoisotopic (exact) mass is 251 g/mol. The van der Waals surface area contributed by atoms with E-state index < -0.39 is 5.92 Å².